The average Bonchev–Trinajstić information content (AvgIpc) is 3.29. The van der Waals surface area contributed by atoms with E-state index >= 15 is 0 Å². The molecule has 172 valence electrons. The number of halogens is 1. The van der Waals surface area contributed by atoms with Gasteiger partial charge in [-0.2, -0.15) is 0 Å². The normalized spacial score (nSPS) is 13.7. The zero-order valence-corrected chi connectivity index (χ0v) is 20.8. The maximum atomic E-state index is 13.1. The number of nitrogens with one attached hydrogen (secondary N) is 1. The van der Waals surface area contributed by atoms with Crippen molar-refractivity contribution in [3.63, 3.8) is 0 Å². The summed E-state index contributed by atoms with van der Waals surface area (Å²) >= 11 is 3.77. The van der Waals surface area contributed by atoms with E-state index in [1.165, 1.54) is 6.07 Å². The summed E-state index contributed by atoms with van der Waals surface area (Å²) in [5.41, 5.74) is 2.92. The average molecular weight is 586 g/mol. The number of nitro benzene ring substituents is 1. The lowest BCUT2D eigenvalue weighted by molar-refractivity contribution is -0.384. The summed E-state index contributed by atoms with van der Waals surface area (Å²) in [6.45, 7) is 2.17. The molecule has 1 amide bonds. The first-order chi connectivity index (χ1) is 16.5. The molecule has 4 aromatic rings. The van der Waals surface area contributed by atoms with Gasteiger partial charge in [-0.05, 0) is 65.1 Å². The second-order valence-corrected chi connectivity index (χ2v) is 9.97. The van der Waals surface area contributed by atoms with Gasteiger partial charge in [-0.1, -0.05) is 12.1 Å². The monoisotopic (exact) mass is 586 g/mol. The molecule has 5 rings (SSSR count). The van der Waals surface area contributed by atoms with Gasteiger partial charge in [0.15, 0.2) is 0 Å². The van der Waals surface area contributed by atoms with Gasteiger partial charge in [-0.15, -0.1) is 11.3 Å². The van der Waals surface area contributed by atoms with Crippen LogP contribution in [0.1, 0.15) is 10.4 Å². The summed E-state index contributed by atoms with van der Waals surface area (Å²) in [6.07, 6.45) is 0. The van der Waals surface area contributed by atoms with Crippen LogP contribution >= 0.6 is 33.9 Å². The van der Waals surface area contributed by atoms with E-state index in [9.17, 15) is 14.9 Å². The van der Waals surface area contributed by atoms with Crippen LogP contribution in [0.25, 0.3) is 20.8 Å². The Bertz CT molecular complexity index is 1370. The molecule has 1 fully saturated rings. The number of thiazole rings is 1. The standard InChI is InChI=1S/C24H19IN4O4S/c25-16-6-7-18(17(14-16)24-27-19-3-1-2-4-22(19)34-24)26-23(30)15-5-8-20(21(13-15)29(31)32)28-9-11-33-12-10-28/h1-8,13-14H,9-12H2,(H,26,30). The van der Waals surface area contributed by atoms with Gasteiger partial charge in [0.2, 0.25) is 0 Å². The third-order valence-corrected chi connectivity index (χ3v) is 7.28. The molecular formula is C24H19IN4O4S. The van der Waals surface area contributed by atoms with E-state index in [1.54, 1.807) is 23.5 Å². The molecule has 0 bridgehead atoms. The number of nitrogens with zero attached hydrogens (tertiary/aromatic N) is 3. The minimum Gasteiger partial charge on any atom is -0.378 e. The predicted octanol–water partition coefficient (Wildman–Crippen LogP) is 5.57. The highest BCUT2D eigenvalue weighted by Gasteiger charge is 2.24. The molecule has 0 unspecified atom stereocenters. The lowest BCUT2D eigenvalue weighted by atomic mass is 10.1. The number of hydrogen-bond acceptors (Lipinski definition) is 7. The smallest absolute Gasteiger partial charge is 0.293 e. The summed E-state index contributed by atoms with van der Waals surface area (Å²) in [5.74, 6) is -0.416. The van der Waals surface area contributed by atoms with Gasteiger partial charge in [0.25, 0.3) is 11.6 Å². The molecule has 0 spiro atoms. The molecule has 2 heterocycles. The van der Waals surface area contributed by atoms with Crippen molar-refractivity contribution in [2.45, 2.75) is 0 Å². The number of para-hydroxylation sites is 1. The fourth-order valence-corrected chi connectivity index (χ4v) is 5.35. The van der Waals surface area contributed by atoms with Crippen molar-refractivity contribution in [2.75, 3.05) is 36.5 Å². The summed E-state index contributed by atoms with van der Waals surface area (Å²) in [5, 5.41) is 15.5. The number of morpholine rings is 1. The third-order valence-electron chi connectivity index (χ3n) is 5.54. The lowest BCUT2D eigenvalue weighted by Crippen LogP contribution is -2.36. The Balaban J connectivity index is 1.46. The minimum absolute atomic E-state index is 0.0939. The summed E-state index contributed by atoms with van der Waals surface area (Å²) < 4.78 is 7.41. The number of benzene rings is 3. The van der Waals surface area contributed by atoms with Crippen molar-refractivity contribution in [3.8, 4) is 10.6 Å². The summed E-state index contributed by atoms with van der Waals surface area (Å²) in [7, 11) is 0. The van der Waals surface area contributed by atoms with E-state index < -0.39 is 10.8 Å². The highest BCUT2D eigenvalue weighted by molar-refractivity contribution is 14.1. The van der Waals surface area contributed by atoms with Gasteiger partial charge in [0, 0.05) is 33.9 Å². The molecule has 0 atom stereocenters. The predicted molar refractivity (Wildman–Crippen MR) is 142 cm³/mol. The topological polar surface area (TPSA) is 97.6 Å². The molecular weight excluding hydrogens is 567 g/mol. The Morgan fingerprint density at radius 3 is 2.68 bits per heavy atom. The number of amides is 1. The molecule has 10 heteroatoms. The number of rotatable bonds is 5. The first-order valence-corrected chi connectivity index (χ1v) is 12.5. The molecule has 1 aromatic heterocycles. The molecule has 0 aliphatic carbocycles. The van der Waals surface area contributed by atoms with Gasteiger partial charge in [-0.3, -0.25) is 14.9 Å². The molecule has 0 saturated carbocycles. The van der Waals surface area contributed by atoms with Crippen LogP contribution in [0.15, 0.2) is 60.7 Å². The number of carbonyl (C=O) groups excluding carboxylic acids is 1. The van der Waals surface area contributed by atoms with E-state index in [2.05, 4.69) is 27.9 Å². The summed E-state index contributed by atoms with van der Waals surface area (Å²) in [4.78, 5) is 31.1. The van der Waals surface area contributed by atoms with E-state index in [0.717, 1.165) is 24.4 Å². The Hall–Kier alpha value is -3.09. The van der Waals surface area contributed by atoms with E-state index in [0.29, 0.717) is 37.7 Å². The number of aromatic nitrogens is 1. The van der Waals surface area contributed by atoms with Crippen LogP contribution in [0.5, 0.6) is 0 Å². The van der Waals surface area contributed by atoms with Gasteiger partial charge in [0.1, 0.15) is 10.7 Å². The SMILES string of the molecule is O=C(Nc1ccc(I)cc1-c1nc2ccccc2s1)c1ccc(N2CCOCC2)c([N+](=O)[O-])c1. The van der Waals surface area contributed by atoms with Crippen LogP contribution in [-0.4, -0.2) is 42.1 Å². The van der Waals surface area contributed by atoms with Crippen LogP contribution in [0.3, 0.4) is 0 Å². The quantitative estimate of drug-likeness (QED) is 0.187. The molecule has 8 nitrogen and oxygen atoms in total. The zero-order chi connectivity index (χ0) is 23.7. The molecule has 0 radical (unpaired) electrons. The highest BCUT2D eigenvalue weighted by atomic mass is 127. The molecule has 34 heavy (non-hydrogen) atoms. The first-order valence-electron chi connectivity index (χ1n) is 10.6. The lowest BCUT2D eigenvalue weighted by Gasteiger charge is -2.28. The number of fused-ring (bicyclic) bond motifs is 1. The van der Waals surface area contributed by atoms with Crippen LogP contribution in [0, 0.1) is 13.7 Å². The van der Waals surface area contributed by atoms with Crippen LogP contribution < -0.4 is 10.2 Å². The highest BCUT2D eigenvalue weighted by Crippen LogP contribution is 2.36. The van der Waals surface area contributed by atoms with Crippen molar-refractivity contribution in [1.82, 2.24) is 4.98 Å². The Morgan fingerprint density at radius 2 is 1.91 bits per heavy atom. The second kappa shape index (κ2) is 9.65. The van der Waals surface area contributed by atoms with Crippen LogP contribution in [0.2, 0.25) is 0 Å². The number of hydrogen-bond donors (Lipinski definition) is 1. The second-order valence-electron chi connectivity index (χ2n) is 7.69. The van der Waals surface area contributed by atoms with Crippen molar-refractivity contribution < 1.29 is 14.5 Å². The van der Waals surface area contributed by atoms with E-state index in [4.69, 9.17) is 9.72 Å². The molecule has 1 saturated heterocycles. The molecule has 1 aliphatic rings. The first kappa shape index (κ1) is 22.7. The van der Waals surface area contributed by atoms with Gasteiger partial charge >= 0.3 is 0 Å². The van der Waals surface area contributed by atoms with Crippen LogP contribution in [0.4, 0.5) is 17.1 Å². The fraction of sp³-hybridized carbons (Fsp3) is 0.167. The van der Waals surface area contributed by atoms with E-state index in [1.807, 2.05) is 47.4 Å². The molecule has 3 aromatic carbocycles. The zero-order valence-electron chi connectivity index (χ0n) is 17.9. The fourth-order valence-electron chi connectivity index (χ4n) is 3.87. The molecule has 1 N–H and O–H groups in total. The van der Waals surface area contributed by atoms with Crippen molar-refractivity contribution >= 4 is 67.1 Å². The van der Waals surface area contributed by atoms with Crippen molar-refractivity contribution in [3.05, 3.63) is 79.9 Å². The van der Waals surface area contributed by atoms with Gasteiger partial charge in [0.05, 0.1) is 34.0 Å². The number of ether oxygens (including phenoxy) is 1. The van der Waals surface area contributed by atoms with E-state index in [-0.39, 0.29) is 11.3 Å². The Labute approximate surface area is 212 Å². The number of anilines is 2. The summed E-state index contributed by atoms with van der Waals surface area (Å²) in [6, 6.07) is 18.2. The van der Waals surface area contributed by atoms with Gasteiger partial charge in [-0.25, -0.2) is 4.98 Å². The van der Waals surface area contributed by atoms with Crippen molar-refractivity contribution in [2.24, 2.45) is 0 Å². The Kier molecular flexibility index (Phi) is 6.44. The number of nitro groups is 1. The minimum atomic E-state index is -0.445. The third kappa shape index (κ3) is 4.61. The Morgan fingerprint density at radius 1 is 1.12 bits per heavy atom. The molecule has 1 aliphatic heterocycles. The van der Waals surface area contributed by atoms with Crippen LogP contribution in [-0.2, 0) is 4.74 Å². The van der Waals surface area contributed by atoms with Gasteiger partial charge < -0.3 is 15.0 Å². The largest absolute Gasteiger partial charge is 0.378 e. The van der Waals surface area contributed by atoms with Crippen molar-refractivity contribution in [1.29, 1.82) is 0 Å². The maximum absolute atomic E-state index is 13.1. The maximum Gasteiger partial charge on any atom is 0.293 e. The number of carbonyl (C=O) groups is 1.